The summed E-state index contributed by atoms with van der Waals surface area (Å²) in [7, 11) is 0. The van der Waals surface area contributed by atoms with Crippen molar-refractivity contribution in [2.45, 2.75) is 37.6 Å². The van der Waals surface area contributed by atoms with Gasteiger partial charge in [0, 0.05) is 24.2 Å². The number of thiazole rings is 1. The van der Waals surface area contributed by atoms with E-state index in [0.29, 0.717) is 6.54 Å². The van der Waals surface area contributed by atoms with Crippen molar-refractivity contribution in [2.75, 3.05) is 32.7 Å². The average Bonchev–Trinajstić information content (AvgIpc) is 2.84. The van der Waals surface area contributed by atoms with Crippen LogP contribution in [-0.2, 0) is 4.74 Å². The molecule has 2 aliphatic rings. The van der Waals surface area contributed by atoms with Gasteiger partial charge in [-0.3, -0.25) is 4.90 Å². The highest BCUT2D eigenvalue weighted by atomic mass is 35.5. The molecule has 1 N–H and O–H groups in total. The molecule has 0 aromatic carbocycles. The number of halogens is 4. The van der Waals surface area contributed by atoms with E-state index >= 15 is 0 Å². The zero-order chi connectivity index (χ0) is 15.8. The van der Waals surface area contributed by atoms with Crippen LogP contribution in [0.25, 0.3) is 0 Å². The summed E-state index contributed by atoms with van der Waals surface area (Å²) in [5.74, 6) is 0. The quantitative estimate of drug-likeness (QED) is 0.867. The molecule has 1 aromatic heterocycles. The molecule has 132 valence electrons. The first-order chi connectivity index (χ1) is 10.4. The van der Waals surface area contributed by atoms with Gasteiger partial charge in [-0.05, 0) is 32.9 Å². The van der Waals surface area contributed by atoms with E-state index in [1.807, 2.05) is 6.92 Å². The number of alkyl halides is 3. The molecule has 0 amide bonds. The lowest BCUT2D eigenvalue weighted by Crippen LogP contribution is -2.58. The first kappa shape index (κ1) is 18.9. The molecule has 9 heteroatoms. The van der Waals surface area contributed by atoms with Crippen LogP contribution in [-0.4, -0.2) is 54.4 Å². The minimum Gasteiger partial charge on any atom is -0.362 e. The smallest absolute Gasteiger partial charge is 0.362 e. The molecule has 2 saturated heterocycles. The molecule has 1 aromatic rings. The zero-order valence-electron chi connectivity index (χ0n) is 12.9. The van der Waals surface area contributed by atoms with E-state index in [0.717, 1.165) is 35.8 Å². The fraction of sp³-hybridized carbons (Fsp3) is 0.786. The van der Waals surface area contributed by atoms with Crippen molar-refractivity contribution in [1.82, 2.24) is 15.2 Å². The predicted octanol–water partition coefficient (Wildman–Crippen LogP) is 2.93. The summed E-state index contributed by atoms with van der Waals surface area (Å²) in [4.78, 5) is 6.85. The Morgan fingerprint density at radius 3 is 2.70 bits per heavy atom. The van der Waals surface area contributed by atoms with Gasteiger partial charge in [0.2, 0.25) is 0 Å². The normalized spacial score (nSPS) is 25.3. The van der Waals surface area contributed by atoms with Gasteiger partial charge in [0.15, 0.2) is 0 Å². The van der Waals surface area contributed by atoms with Crippen LogP contribution in [0, 0.1) is 6.92 Å². The molecule has 1 atom stereocenters. The lowest BCUT2D eigenvalue weighted by molar-refractivity contribution is -0.202. The monoisotopic (exact) mass is 371 g/mol. The Morgan fingerprint density at radius 2 is 2.13 bits per heavy atom. The van der Waals surface area contributed by atoms with Crippen LogP contribution in [0.1, 0.15) is 28.8 Å². The van der Waals surface area contributed by atoms with E-state index < -0.39 is 18.3 Å². The minimum absolute atomic E-state index is 0. The maximum Gasteiger partial charge on any atom is 0.401 e. The Morgan fingerprint density at radius 1 is 1.43 bits per heavy atom. The van der Waals surface area contributed by atoms with E-state index in [2.05, 4.69) is 10.3 Å². The number of nitrogens with one attached hydrogen (secondary N) is 1. The second-order valence-electron chi connectivity index (χ2n) is 6.13. The Bertz CT molecular complexity index is 520. The lowest BCUT2D eigenvalue weighted by atomic mass is 9.89. The van der Waals surface area contributed by atoms with Crippen molar-refractivity contribution in [3.8, 4) is 0 Å². The fourth-order valence-electron chi connectivity index (χ4n) is 3.26. The van der Waals surface area contributed by atoms with Crippen molar-refractivity contribution in [2.24, 2.45) is 0 Å². The molecule has 0 aliphatic carbocycles. The van der Waals surface area contributed by atoms with Gasteiger partial charge in [-0.25, -0.2) is 4.98 Å². The molecule has 0 radical (unpaired) electrons. The van der Waals surface area contributed by atoms with Crippen molar-refractivity contribution in [1.29, 1.82) is 0 Å². The summed E-state index contributed by atoms with van der Waals surface area (Å²) in [6.07, 6.45) is -1.33. The van der Waals surface area contributed by atoms with Crippen LogP contribution in [0.5, 0.6) is 0 Å². The highest BCUT2D eigenvalue weighted by Crippen LogP contribution is 2.38. The van der Waals surface area contributed by atoms with Gasteiger partial charge in [-0.2, -0.15) is 13.2 Å². The van der Waals surface area contributed by atoms with Crippen molar-refractivity contribution < 1.29 is 17.9 Å². The average molecular weight is 372 g/mol. The van der Waals surface area contributed by atoms with Gasteiger partial charge in [-0.1, -0.05) is 0 Å². The molecule has 1 spiro atoms. The number of ether oxygens (including phenoxy) is 1. The fourth-order valence-corrected chi connectivity index (χ4v) is 4.06. The van der Waals surface area contributed by atoms with E-state index in [9.17, 15) is 13.2 Å². The lowest BCUT2D eigenvalue weighted by Gasteiger charge is -2.48. The van der Waals surface area contributed by atoms with Crippen molar-refractivity contribution in [3.05, 3.63) is 16.1 Å². The van der Waals surface area contributed by atoms with Gasteiger partial charge in [-0.15, -0.1) is 23.7 Å². The molecule has 2 aliphatic heterocycles. The van der Waals surface area contributed by atoms with Crippen molar-refractivity contribution in [3.63, 3.8) is 0 Å². The zero-order valence-corrected chi connectivity index (χ0v) is 14.5. The molecular formula is C14H21ClF3N3OS. The Balaban J connectivity index is 0.00000192. The molecule has 1 unspecified atom stereocenters. The van der Waals surface area contributed by atoms with Crippen LogP contribution in [0.3, 0.4) is 0 Å². The molecule has 3 rings (SSSR count). The maximum absolute atomic E-state index is 12.8. The standard InChI is InChI=1S/C14H20F3N3OS.ClH/c1-10-6-19-12(22-10)11-7-20(9-14(15,16)17)8-13(21-11)2-4-18-5-3-13;/h6,11,18H,2-5,7-9H2,1H3;1H. The summed E-state index contributed by atoms with van der Waals surface area (Å²) in [6, 6.07) is 0. The second kappa shape index (κ2) is 7.23. The van der Waals surface area contributed by atoms with Gasteiger partial charge >= 0.3 is 6.18 Å². The largest absolute Gasteiger partial charge is 0.401 e. The van der Waals surface area contributed by atoms with Crippen molar-refractivity contribution >= 4 is 23.7 Å². The maximum atomic E-state index is 12.8. The van der Waals surface area contributed by atoms with Crippen LogP contribution in [0.15, 0.2) is 6.20 Å². The number of rotatable bonds is 2. The molecular weight excluding hydrogens is 351 g/mol. The Labute approximate surface area is 143 Å². The minimum atomic E-state index is -4.19. The summed E-state index contributed by atoms with van der Waals surface area (Å²) in [5, 5.41) is 4.02. The van der Waals surface area contributed by atoms with Gasteiger partial charge in [0.05, 0.1) is 12.1 Å². The number of hydrogen-bond acceptors (Lipinski definition) is 5. The first-order valence-electron chi connectivity index (χ1n) is 7.45. The summed E-state index contributed by atoms with van der Waals surface area (Å²) in [6.45, 7) is 3.22. The number of aryl methyl sites for hydroxylation is 1. The van der Waals surface area contributed by atoms with E-state index in [1.54, 1.807) is 6.20 Å². The van der Waals surface area contributed by atoms with E-state index in [1.165, 1.54) is 16.2 Å². The van der Waals surface area contributed by atoms with Crippen LogP contribution in [0.2, 0.25) is 0 Å². The van der Waals surface area contributed by atoms with E-state index in [4.69, 9.17) is 4.74 Å². The third kappa shape index (κ3) is 4.79. The summed E-state index contributed by atoms with van der Waals surface area (Å²) in [5.41, 5.74) is -0.487. The van der Waals surface area contributed by atoms with Crippen LogP contribution < -0.4 is 5.32 Å². The summed E-state index contributed by atoms with van der Waals surface area (Å²) < 4.78 is 44.7. The number of hydrogen-bond donors (Lipinski definition) is 1. The second-order valence-corrected chi connectivity index (χ2v) is 7.40. The van der Waals surface area contributed by atoms with Gasteiger partial charge in [0.1, 0.15) is 11.1 Å². The van der Waals surface area contributed by atoms with Gasteiger partial charge in [0.25, 0.3) is 0 Å². The highest BCUT2D eigenvalue weighted by molar-refractivity contribution is 7.11. The number of piperidine rings is 1. The molecule has 3 heterocycles. The topological polar surface area (TPSA) is 37.4 Å². The Kier molecular flexibility index (Phi) is 5.94. The van der Waals surface area contributed by atoms with Crippen LogP contribution in [0.4, 0.5) is 13.2 Å². The number of morpholine rings is 1. The summed E-state index contributed by atoms with van der Waals surface area (Å²) >= 11 is 1.50. The van der Waals surface area contributed by atoms with E-state index in [-0.39, 0.29) is 25.1 Å². The molecule has 0 bridgehead atoms. The number of nitrogens with zero attached hydrogens (tertiary/aromatic N) is 2. The third-order valence-corrected chi connectivity index (χ3v) is 5.17. The molecule has 2 fully saturated rings. The molecule has 0 saturated carbocycles. The third-order valence-electron chi connectivity index (χ3n) is 4.16. The highest BCUT2D eigenvalue weighted by Gasteiger charge is 2.45. The molecule has 4 nitrogen and oxygen atoms in total. The number of aromatic nitrogens is 1. The predicted molar refractivity (Wildman–Crippen MR) is 85.3 cm³/mol. The molecule has 23 heavy (non-hydrogen) atoms. The Hall–Kier alpha value is -0.410. The SMILES string of the molecule is Cc1cnc(C2CN(CC(F)(F)F)CC3(CCNCC3)O2)s1.Cl. The van der Waals surface area contributed by atoms with Crippen LogP contribution >= 0.6 is 23.7 Å². The van der Waals surface area contributed by atoms with Gasteiger partial charge < -0.3 is 10.1 Å². The first-order valence-corrected chi connectivity index (χ1v) is 8.27.